The highest BCUT2D eigenvalue weighted by molar-refractivity contribution is 5.84. The number of fused-ring (bicyclic) bond motifs is 1. The Bertz CT molecular complexity index is 697. The fourth-order valence-electron chi connectivity index (χ4n) is 2.33. The summed E-state index contributed by atoms with van der Waals surface area (Å²) in [6.45, 7) is 0. The number of benzene rings is 1. The van der Waals surface area contributed by atoms with Crippen LogP contribution in [0.5, 0.6) is 0 Å². The summed E-state index contributed by atoms with van der Waals surface area (Å²) in [6.07, 6.45) is 4.44. The summed E-state index contributed by atoms with van der Waals surface area (Å²) < 4.78 is 1.79. The van der Waals surface area contributed by atoms with E-state index in [2.05, 4.69) is 22.2 Å². The molecule has 2 aromatic heterocycles. The maximum atomic E-state index is 6.29. The molecule has 0 saturated carbocycles. The lowest BCUT2D eigenvalue weighted by molar-refractivity contribution is 0.665. The number of aromatic nitrogens is 3. The summed E-state index contributed by atoms with van der Waals surface area (Å²) in [7, 11) is 1.91. The second-order valence-electron chi connectivity index (χ2n) is 4.71. The van der Waals surface area contributed by atoms with Gasteiger partial charge in [0.05, 0.1) is 17.4 Å². The Morgan fingerprint density at radius 2 is 2.05 bits per heavy atom. The summed E-state index contributed by atoms with van der Waals surface area (Å²) in [6, 6.07) is 12.0. The topological polar surface area (TPSA) is 56.7 Å². The molecule has 1 unspecified atom stereocenters. The molecule has 4 nitrogen and oxygen atoms in total. The van der Waals surface area contributed by atoms with Gasteiger partial charge in [-0.3, -0.25) is 9.67 Å². The molecule has 3 aromatic rings. The van der Waals surface area contributed by atoms with Crippen LogP contribution in [0.3, 0.4) is 0 Å². The van der Waals surface area contributed by atoms with Crippen molar-refractivity contribution in [3.63, 3.8) is 0 Å². The summed E-state index contributed by atoms with van der Waals surface area (Å²) in [5.74, 6) is 0. The van der Waals surface area contributed by atoms with Crippen LogP contribution in [0.1, 0.15) is 17.4 Å². The average Bonchev–Trinajstić information content (AvgIpc) is 2.83. The normalized spacial score (nSPS) is 12.7. The van der Waals surface area contributed by atoms with E-state index in [4.69, 9.17) is 5.73 Å². The zero-order chi connectivity index (χ0) is 13.2. The van der Waals surface area contributed by atoms with E-state index in [1.54, 1.807) is 4.68 Å². The zero-order valence-corrected chi connectivity index (χ0v) is 10.8. The quantitative estimate of drug-likeness (QED) is 0.777. The van der Waals surface area contributed by atoms with Gasteiger partial charge in [0, 0.05) is 31.2 Å². The molecule has 0 aliphatic carbocycles. The molecule has 19 heavy (non-hydrogen) atoms. The zero-order valence-electron chi connectivity index (χ0n) is 10.8. The molecule has 0 radical (unpaired) electrons. The molecule has 4 heteroatoms. The van der Waals surface area contributed by atoms with Gasteiger partial charge in [-0.05, 0) is 17.5 Å². The summed E-state index contributed by atoms with van der Waals surface area (Å²) in [5.41, 5.74) is 8.22. The molecule has 96 valence electrons. The first-order valence-electron chi connectivity index (χ1n) is 6.32. The minimum atomic E-state index is -0.138. The predicted molar refractivity (Wildman–Crippen MR) is 75.6 cm³/mol. The molecule has 2 heterocycles. The van der Waals surface area contributed by atoms with Crippen LogP contribution in [-0.2, 0) is 13.5 Å². The van der Waals surface area contributed by atoms with Crippen LogP contribution in [0.15, 0.2) is 48.8 Å². The SMILES string of the molecule is Cn1ccc(CC(N)c2nccc3ccccc23)n1. The lowest BCUT2D eigenvalue weighted by Crippen LogP contribution is -2.15. The van der Waals surface area contributed by atoms with Crippen LogP contribution in [-0.4, -0.2) is 14.8 Å². The Labute approximate surface area is 111 Å². The monoisotopic (exact) mass is 252 g/mol. The van der Waals surface area contributed by atoms with Gasteiger partial charge in [-0.1, -0.05) is 24.3 Å². The van der Waals surface area contributed by atoms with Gasteiger partial charge in [0.15, 0.2) is 0 Å². The maximum absolute atomic E-state index is 6.29. The van der Waals surface area contributed by atoms with Gasteiger partial charge in [-0.25, -0.2) is 0 Å². The molecule has 0 aliphatic heterocycles. The lowest BCUT2D eigenvalue weighted by Gasteiger charge is -2.12. The number of nitrogens with zero attached hydrogens (tertiary/aromatic N) is 3. The Hall–Kier alpha value is -2.20. The van der Waals surface area contributed by atoms with Gasteiger partial charge in [0.2, 0.25) is 0 Å². The van der Waals surface area contributed by atoms with Crippen molar-refractivity contribution >= 4 is 10.8 Å². The van der Waals surface area contributed by atoms with Crippen LogP contribution < -0.4 is 5.73 Å². The van der Waals surface area contributed by atoms with Crippen molar-refractivity contribution in [2.75, 3.05) is 0 Å². The van der Waals surface area contributed by atoms with Gasteiger partial charge in [0.25, 0.3) is 0 Å². The number of hydrogen-bond donors (Lipinski definition) is 1. The van der Waals surface area contributed by atoms with Gasteiger partial charge in [-0.15, -0.1) is 0 Å². The summed E-state index contributed by atoms with van der Waals surface area (Å²) in [4.78, 5) is 4.45. The maximum Gasteiger partial charge on any atom is 0.0653 e. The minimum absolute atomic E-state index is 0.138. The molecule has 3 rings (SSSR count). The van der Waals surface area contributed by atoms with Crippen LogP contribution in [0.4, 0.5) is 0 Å². The van der Waals surface area contributed by atoms with Crippen LogP contribution in [0.25, 0.3) is 10.8 Å². The van der Waals surface area contributed by atoms with E-state index in [0.717, 1.165) is 16.8 Å². The molecule has 0 spiro atoms. The predicted octanol–water partition coefficient (Wildman–Crippen LogP) is 2.21. The molecule has 0 bridgehead atoms. The van der Waals surface area contributed by atoms with E-state index in [-0.39, 0.29) is 6.04 Å². The van der Waals surface area contributed by atoms with Crippen molar-refractivity contribution in [2.45, 2.75) is 12.5 Å². The molecule has 0 aliphatic rings. The molecule has 0 saturated heterocycles. The van der Waals surface area contributed by atoms with Gasteiger partial charge in [0.1, 0.15) is 0 Å². The first kappa shape index (κ1) is 11.9. The highest BCUT2D eigenvalue weighted by atomic mass is 15.2. The number of rotatable bonds is 3. The highest BCUT2D eigenvalue weighted by Gasteiger charge is 2.13. The van der Waals surface area contributed by atoms with E-state index in [1.807, 2.05) is 43.7 Å². The fourth-order valence-corrected chi connectivity index (χ4v) is 2.33. The third kappa shape index (κ3) is 2.35. The Morgan fingerprint density at radius 3 is 2.84 bits per heavy atom. The summed E-state index contributed by atoms with van der Waals surface area (Å²) >= 11 is 0. The molecular weight excluding hydrogens is 236 g/mol. The smallest absolute Gasteiger partial charge is 0.0653 e. The Morgan fingerprint density at radius 1 is 1.21 bits per heavy atom. The molecular formula is C15H16N4. The van der Waals surface area contributed by atoms with Gasteiger partial charge >= 0.3 is 0 Å². The van der Waals surface area contributed by atoms with Crippen molar-refractivity contribution in [1.29, 1.82) is 0 Å². The first-order chi connectivity index (χ1) is 9.24. The Kier molecular flexibility index (Phi) is 3.01. The number of pyridine rings is 1. The molecule has 0 fully saturated rings. The third-order valence-corrected chi connectivity index (χ3v) is 3.25. The third-order valence-electron chi connectivity index (χ3n) is 3.25. The van der Waals surface area contributed by atoms with E-state index < -0.39 is 0 Å². The number of aryl methyl sites for hydroxylation is 1. The van der Waals surface area contributed by atoms with Crippen LogP contribution >= 0.6 is 0 Å². The first-order valence-corrected chi connectivity index (χ1v) is 6.32. The van der Waals surface area contributed by atoms with E-state index in [0.29, 0.717) is 6.42 Å². The van der Waals surface area contributed by atoms with E-state index in [9.17, 15) is 0 Å². The van der Waals surface area contributed by atoms with Crippen molar-refractivity contribution in [1.82, 2.24) is 14.8 Å². The van der Waals surface area contributed by atoms with Crippen LogP contribution in [0.2, 0.25) is 0 Å². The number of nitrogens with two attached hydrogens (primary N) is 1. The molecule has 1 atom stereocenters. The summed E-state index contributed by atoms with van der Waals surface area (Å²) in [5, 5.41) is 6.65. The number of hydrogen-bond acceptors (Lipinski definition) is 3. The van der Waals surface area contributed by atoms with Crippen molar-refractivity contribution in [3.8, 4) is 0 Å². The van der Waals surface area contributed by atoms with Crippen LogP contribution in [0, 0.1) is 0 Å². The highest BCUT2D eigenvalue weighted by Crippen LogP contribution is 2.22. The van der Waals surface area contributed by atoms with E-state index >= 15 is 0 Å². The van der Waals surface area contributed by atoms with E-state index in [1.165, 1.54) is 5.39 Å². The van der Waals surface area contributed by atoms with Crippen molar-refractivity contribution in [3.05, 3.63) is 60.2 Å². The molecule has 0 amide bonds. The van der Waals surface area contributed by atoms with Gasteiger partial charge < -0.3 is 5.73 Å². The fraction of sp³-hybridized carbons (Fsp3) is 0.200. The average molecular weight is 252 g/mol. The molecule has 1 aromatic carbocycles. The van der Waals surface area contributed by atoms with Crippen molar-refractivity contribution in [2.24, 2.45) is 12.8 Å². The standard InChI is InChI=1S/C15H16N4/c1-19-9-7-12(18-19)10-14(16)15-13-5-3-2-4-11(13)6-8-17-15/h2-9,14H,10,16H2,1H3. The minimum Gasteiger partial charge on any atom is -0.322 e. The lowest BCUT2D eigenvalue weighted by atomic mass is 10.0. The Balaban J connectivity index is 1.95. The second kappa shape index (κ2) is 4.82. The molecule has 2 N–H and O–H groups in total. The largest absolute Gasteiger partial charge is 0.322 e. The second-order valence-corrected chi connectivity index (χ2v) is 4.71. The van der Waals surface area contributed by atoms with Crippen molar-refractivity contribution < 1.29 is 0 Å². The van der Waals surface area contributed by atoms with Gasteiger partial charge in [-0.2, -0.15) is 5.10 Å².